The summed E-state index contributed by atoms with van der Waals surface area (Å²) in [7, 11) is 0. The van der Waals surface area contributed by atoms with Gasteiger partial charge >= 0.3 is 0 Å². The summed E-state index contributed by atoms with van der Waals surface area (Å²) in [6.45, 7) is 4.53. The molecule has 2 heteroatoms. The topological polar surface area (TPSA) is 29.3 Å². The summed E-state index contributed by atoms with van der Waals surface area (Å²) in [5.74, 6) is 0.818. The highest BCUT2D eigenvalue weighted by Crippen LogP contribution is 2.30. The molecule has 1 aliphatic carbocycles. The van der Waals surface area contributed by atoms with Crippen LogP contribution in [0.5, 0.6) is 0 Å². The minimum atomic E-state index is 0.674. The van der Waals surface area contributed by atoms with Crippen LogP contribution in [0, 0.1) is 5.92 Å². The fourth-order valence-electron chi connectivity index (χ4n) is 3.45. The van der Waals surface area contributed by atoms with Crippen LogP contribution in [0.2, 0.25) is 0 Å². The summed E-state index contributed by atoms with van der Waals surface area (Å²) in [4.78, 5) is 2.73. The van der Waals surface area contributed by atoms with Crippen molar-refractivity contribution in [2.45, 2.75) is 64.0 Å². The third-order valence-electron chi connectivity index (χ3n) is 4.46. The van der Waals surface area contributed by atoms with Gasteiger partial charge in [0, 0.05) is 18.6 Å². The average Bonchev–Trinajstić information content (AvgIpc) is 2.48. The lowest BCUT2D eigenvalue weighted by atomic mass is 10.0. The molecule has 1 heterocycles. The van der Waals surface area contributed by atoms with E-state index in [1.165, 1.54) is 51.5 Å². The smallest absolute Gasteiger partial charge is 0.0247 e. The molecule has 2 fully saturated rings. The van der Waals surface area contributed by atoms with Crippen molar-refractivity contribution in [1.29, 1.82) is 0 Å². The van der Waals surface area contributed by atoms with Crippen molar-refractivity contribution in [2.75, 3.05) is 13.1 Å². The van der Waals surface area contributed by atoms with Gasteiger partial charge in [0.25, 0.3) is 0 Å². The number of hydrogen-bond donors (Lipinski definition) is 1. The summed E-state index contributed by atoms with van der Waals surface area (Å²) in [6.07, 6.45) is 9.98. The molecule has 0 spiro atoms. The summed E-state index contributed by atoms with van der Waals surface area (Å²) in [5.41, 5.74) is 5.92. The van der Waals surface area contributed by atoms with E-state index in [0.717, 1.165) is 18.5 Å². The van der Waals surface area contributed by atoms with E-state index in [4.69, 9.17) is 5.73 Å². The Balaban J connectivity index is 1.95. The van der Waals surface area contributed by atoms with E-state index in [2.05, 4.69) is 11.8 Å². The van der Waals surface area contributed by atoms with Gasteiger partial charge < -0.3 is 5.73 Å². The van der Waals surface area contributed by atoms with E-state index >= 15 is 0 Å². The zero-order chi connectivity index (χ0) is 10.7. The highest BCUT2D eigenvalue weighted by Gasteiger charge is 2.34. The van der Waals surface area contributed by atoms with Crippen LogP contribution < -0.4 is 5.73 Å². The maximum atomic E-state index is 5.92. The van der Waals surface area contributed by atoms with Crippen molar-refractivity contribution in [3.8, 4) is 0 Å². The Morgan fingerprint density at radius 1 is 1.07 bits per heavy atom. The van der Waals surface area contributed by atoms with Gasteiger partial charge in [-0.2, -0.15) is 0 Å². The zero-order valence-corrected chi connectivity index (χ0v) is 10.1. The second-order valence-corrected chi connectivity index (χ2v) is 5.45. The highest BCUT2D eigenvalue weighted by molar-refractivity contribution is 4.90. The molecular formula is C13H26N2. The largest absolute Gasteiger partial charge is 0.329 e. The first-order valence-corrected chi connectivity index (χ1v) is 6.78. The second-order valence-electron chi connectivity index (χ2n) is 5.45. The molecule has 2 N–H and O–H groups in total. The molecule has 88 valence electrons. The van der Waals surface area contributed by atoms with Gasteiger partial charge in [0.15, 0.2) is 0 Å². The molecule has 0 radical (unpaired) electrons. The summed E-state index contributed by atoms with van der Waals surface area (Å²) >= 11 is 0. The van der Waals surface area contributed by atoms with Crippen molar-refractivity contribution in [3.63, 3.8) is 0 Å². The number of nitrogens with zero attached hydrogens (tertiary/aromatic N) is 1. The van der Waals surface area contributed by atoms with Crippen molar-refractivity contribution in [1.82, 2.24) is 4.90 Å². The standard InChI is InChI=1S/C13H26N2/c1-11-8-9-15(13(11)10-14)12-6-4-2-3-5-7-12/h11-13H,2-10,14H2,1H3. The zero-order valence-electron chi connectivity index (χ0n) is 10.1. The minimum Gasteiger partial charge on any atom is -0.329 e. The minimum absolute atomic E-state index is 0.674. The van der Waals surface area contributed by atoms with Gasteiger partial charge in [-0.25, -0.2) is 0 Å². The molecule has 0 aromatic rings. The lowest BCUT2D eigenvalue weighted by Crippen LogP contribution is -2.44. The highest BCUT2D eigenvalue weighted by atomic mass is 15.2. The van der Waals surface area contributed by atoms with Crippen molar-refractivity contribution < 1.29 is 0 Å². The van der Waals surface area contributed by atoms with Crippen LogP contribution in [-0.2, 0) is 0 Å². The van der Waals surface area contributed by atoms with E-state index in [-0.39, 0.29) is 0 Å². The van der Waals surface area contributed by atoms with Gasteiger partial charge in [-0.3, -0.25) is 4.90 Å². The van der Waals surface area contributed by atoms with Gasteiger partial charge in [0.1, 0.15) is 0 Å². The first kappa shape index (κ1) is 11.4. The Labute approximate surface area is 94.2 Å². The van der Waals surface area contributed by atoms with Crippen LogP contribution in [-0.4, -0.2) is 30.1 Å². The fourth-order valence-corrected chi connectivity index (χ4v) is 3.45. The molecule has 1 saturated heterocycles. The predicted octanol–water partition coefficient (Wildman–Crippen LogP) is 2.38. The van der Waals surface area contributed by atoms with Crippen LogP contribution in [0.15, 0.2) is 0 Å². The van der Waals surface area contributed by atoms with Crippen molar-refractivity contribution in [3.05, 3.63) is 0 Å². The van der Waals surface area contributed by atoms with E-state index in [1.807, 2.05) is 0 Å². The molecule has 1 saturated carbocycles. The molecule has 2 nitrogen and oxygen atoms in total. The van der Waals surface area contributed by atoms with Crippen LogP contribution in [0.25, 0.3) is 0 Å². The molecule has 2 aliphatic rings. The molecule has 0 aromatic carbocycles. The van der Waals surface area contributed by atoms with Crippen molar-refractivity contribution in [2.24, 2.45) is 11.7 Å². The van der Waals surface area contributed by atoms with E-state index < -0.39 is 0 Å². The van der Waals surface area contributed by atoms with Crippen LogP contribution in [0.3, 0.4) is 0 Å². The SMILES string of the molecule is CC1CCN(C2CCCCCC2)C1CN. The summed E-state index contributed by atoms with van der Waals surface area (Å²) in [5, 5.41) is 0. The lowest BCUT2D eigenvalue weighted by Gasteiger charge is -2.33. The summed E-state index contributed by atoms with van der Waals surface area (Å²) in [6, 6.07) is 1.53. The van der Waals surface area contributed by atoms with Crippen LogP contribution in [0.1, 0.15) is 51.9 Å². The molecule has 2 atom stereocenters. The quantitative estimate of drug-likeness (QED) is 0.709. The van der Waals surface area contributed by atoms with Gasteiger partial charge in [-0.1, -0.05) is 32.6 Å². The Kier molecular flexibility index (Phi) is 4.04. The maximum Gasteiger partial charge on any atom is 0.0247 e. The number of rotatable bonds is 2. The molecule has 0 amide bonds. The summed E-state index contributed by atoms with van der Waals surface area (Å²) < 4.78 is 0. The monoisotopic (exact) mass is 210 g/mol. The van der Waals surface area contributed by atoms with Gasteiger partial charge in [0.05, 0.1) is 0 Å². The van der Waals surface area contributed by atoms with E-state index in [9.17, 15) is 0 Å². The Morgan fingerprint density at radius 2 is 1.73 bits per heavy atom. The maximum absolute atomic E-state index is 5.92. The van der Waals surface area contributed by atoms with Crippen molar-refractivity contribution >= 4 is 0 Å². The molecule has 2 unspecified atom stereocenters. The second kappa shape index (κ2) is 5.31. The molecule has 15 heavy (non-hydrogen) atoms. The molecule has 1 aliphatic heterocycles. The predicted molar refractivity (Wildman–Crippen MR) is 64.8 cm³/mol. The van der Waals surface area contributed by atoms with Gasteiger partial charge in [-0.15, -0.1) is 0 Å². The number of nitrogens with two attached hydrogens (primary N) is 1. The molecule has 0 bridgehead atoms. The molecular weight excluding hydrogens is 184 g/mol. The molecule has 2 rings (SSSR count). The lowest BCUT2D eigenvalue weighted by molar-refractivity contribution is 0.153. The first-order chi connectivity index (χ1) is 7.33. The normalized spacial score (nSPS) is 35.6. The third kappa shape index (κ3) is 2.54. The van der Waals surface area contributed by atoms with E-state index in [0.29, 0.717) is 6.04 Å². The average molecular weight is 210 g/mol. The molecule has 0 aromatic heterocycles. The Bertz CT molecular complexity index is 185. The van der Waals surface area contributed by atoms with Crippen LogP contribution in [0.4, 0.5) is 0 Å². The van der Waals surface area contributed by atoms with Gasteiger partial charge in [-0.05, 0) is 31.7 Å². The van der Waals surface area contributed by atoms with Crippen LogP contribution >= 0.6 is 0 Å². The Morgan fingerprint density at radius 3 is 2.33 bits per heavy atom. The first-order valence-electron chi connectivity index (χ1n) is 6.78. The number of hydrogen-bond acceptors (Lipinski definition) is 2. The fraction of sp³-hybridized carbons (Fsp3) is 1.00. The Hall–Kier alpha value is -0.0800. The third-order valence-corrected chi connectivity index (χ3v) is 4.46. The number of likely N-dealkylation sites (tertiary alicyclic amines) is 1. The van der Waals surface area contributed by atoms with Gasteiger partial charge in [0.2, 0.25) is 0 Å². The van der Waals surface area contributed by atoms with E-state index in [1.54, 1.807) is 0 Å².